The Morgan fingerprint density at radius 2 is 1.76 bits per heavy atom. The van der Waals surface area contributed by atoms with Gasteiger partial charge in [0.05, 0.1) is 0 Å². The second kappa shape index (κ2) is 3.90. The Hall–Kier alpha value is -1.25. The molecule has 2 aromatic carbocycles. The summed E-state index contributed by atoms with van der Waals surface area (Å²) >= 11 is 1.72. The van der Waals surface area contributed by atoms with Crippen LogP contribution in [0.1, 0.15) is 16.7 Å². The molecule has 1 aliphatic heterocycles. The van der Waals surface area contributed by atoms with Gasteiger partial charge in [0.2, 0.25) is 0 Å². The first-order chi connectivity index (χ1) is 8.20. The number of aryl methyl sites for hydroxylation is 1. The molecule has 0 bridgehead atoms. The zero-order valence-electron chi connectivity index (χ0n) is 9.68. The maximum Gasteiger partial charge on any atom is 0.125 e. The number of benzene rings is 2. The minimum atomic E-state index is -0.824. The Morgan fingerprint density at radius 1 is 1.06 bits per heavy atom. The van der Waals surface area contributed by atoms with Gasteiger partial charge in [0, 0.05) is 16.2 Å². The van der Waals surface area contributed by atoms with Gasteiger partial charge >= 0.3 is 0 Å². The van der Waals surface area contributed by atoms with E-state index in [2.05, 4.69) is 25.1 Å². The van der Waals surface area contributed by atoms with Gasteiger partial charge in [0.25, 0.3) is 0 Å². The second-order valence-electron chi connectivity index (χ2n) is 4.51. The van der Waals surface area contributed by atoms with E-state index in [-0.39, 0.29) is 0 Å². The number of hydrogen-bond donors (Lipinski definition) is 1. The second-order valence-corrected chi connectivity index (χ2v) is 5.53. The van der Waals surface area contributed by atoms with E-state index in [9.17, 15) is 5.11 Å². The van der Waals surface area contributed by atoms with Gasteiger partial charge in [-0.2, -0.15) is 0 Å². The summed E-state index contributed by atoms with van der Waals surface area (Å²) < 4.78 is 0. The highest BCUT2D eigenvalue weighted by atomic mass is 32.2. The Balaban J connectivity index is 2.12. The third-order valence-electron chi connectivity index (χ3n) is 3.30. The van der Waals surface area contributed by atoms with Gasteiger partial charge in [-0.05, 0) is 18.6 Å². The van der Waals surface area contributed by atoms with Crippen LogP contribution in [0.15, 0.2) is 53.4 Å². The molecule has 0 aromatic heterocycles. The van der Waals surface area contributed by atoms with Gasteiger partial charge in [0.15, 0.2) is 0 Å². The summed E-state index contributed by atoms with van der Waals surface area (Å²) in [5, 5.41) is 10.9. The molecule has 0 saturated carbocycles. The fourth-order valence-corrected chi connectivity index (χ4v) is 3.52. The Bertz CT molecular complexity index is 547. The van der Waals surface area contributed by atoms with Crippen molar-refractivity contribution in [3.63, 3.8) is 0 Å². The highest BCUT2D eigenvalue weighted by molar-refractivity contribution is 7.99. The molecular formula is C15H14OS. The van der Waals surface area contributed by atoms with E-state index in [0.717, 1.165) is 11.1 Å². The zero-order chi connectivity index (χ0) is 11.9. The van der Waals surface area contributed by atoms with Gasteiger partial charge in [0.1, 0.15) is 5.60 Å². The predicted octanol–water partition coefficient (Wildman–Crippen LogP) is 3.34. The molecule has 0 amide bonds. The fraction of sp³-hybridized carbons (Fsp3) is 0.200. The highest BCUT2D eigenvalue weighted by Crippen LogP contribution is 2.45. The number of aliphatic hydroxyl groups is 1. The maximum atomic E-state index is 10.9. The minimum absolute atomic E-state index is 0.704. The Labute approximate surface area is 105 Å². The zero-order valence-corrected chi connectivity index (χ0v) is 10.5. The van der Waals surface area contributed by atoms with Crippen LogP contribution in [-0.2, 0) is 5.60 Å². The lowest BCUT2D eigenvalue weighted by molar-refractivity contribution is 0.109. The van der Waals surface area contributed by atoms with Crippen LogP contribution in [-0.4, -0.2) is 10.9 Å². The lowest BCUT2D eigenvalue weighted by atomic mass is 9.88. The van der Waals surface area contributed by atoms with Crippen LogP contribution in [0.2, 0.25) is 0 Å². The molecule has 1 nitrogen and oxygen atoms in total. The highest BCUT2D eigenvalue weighted by Gasteiger charge is 2.38. The van der Waals surface area contributed by atoms with Crippen LogP contribution in [0.5, 0.6) is 0 Å². The van der Waals surface area contributed by atoms with Crippen LogP contribution in [0, 0.1) is 6.92 Å². The number of fused-ring (bicyclic) bond motifs is 1. The molecule has 1 atom stereocenters. The first-order valence-electron chi connectivity index (χ1n) is 5.72. The maximum absolute atomic E-state index is 10.9. The largest absolute Gasteiger partial charge is 0.379 e. The molecule has 1 aliphatic rings. The average Bonchev–Trinajstić information content (AvgIpc) is 2.70. The molecule has 86 valence electrons. The van der Waals surface area contributed by atoms with Crippen molar-refractivity contribution in [3.8, 4) is 0 Å². The molecule has 2 aromatic rings. The van der Waals surface area contributed by atoms with Crippen molar-refractivity contribution in [1.29, 1.82) is 0 Å². The van der Waals surface area contributed by atoms with Crippen molar-refractivity contribution in [1.82, 2.24) is 0 Å². The standard InChI is InChI=1S/C15H14OS/c1-11-6-8-12(9-7-11)15(16)10-17-14-5-3-2-4-13(14)15/h2-9,16H,10H2,1H3. The molecule has 0 aliphatic carbocycles. The number of hydrogen-bond acceptors (Lipinski definition) is 2. The lowest BCUT2D eigenvalue weighted by Gasteiger charge is -2.23. The van der Waals surface area contributed by atoms with Crippen LogP contribution >= 0.6 is 11.8 Å². The summed E-state index contributed by atoms with van der Waals surface area (Å²) in [7, 11) is 0. The van der Waals surface area contributed by atoms with Crippen LogP contribution in [0.25, 0.3) is 0 Å². The van der Waals surface area contributed by atoms with Crippen molar-refractivity contribution < 1.29 is 5.11 Å². The normalized spacial score (nSPS) is 22.5. The summed E-state index contributed by atoms with van der Waals surface area (Å²) in [5.74, 6) is 0.704. The summed E-state index contributed by atoms with van der Waals surface area (Å²) in [6.07, 6.45) is 0. The van der Waals surface area contributed by atoms with Crippen molar-refractivity contribution >= 4 is 11.8 Å². The smallest absolute Gasteiger partial charge is 0.125 e. The van der Waals surface area contributed by atoms with E-state index < -0.39 is 5.60 Å². The minimum Gasteiger partial charge on any atom is -0.379 e. The molecule has 1 N–H and O–H groups in total. The van der Waals surface area contributed by atoms with Gasteiger partial charge in [-0.25, -0.2) is 0 Å². The molecule has 0 fully saturated rings. The van der Waals surface area contributed by atoms with Gasteiger partial charge in [-0.1, -0.05) is 48.0 Å². The summed E-state index contributed by atoms with van der Waals surface area (Å²) in [4.78, 5) is 1.19. The van der Waals surface area contributed by atoms with Crippen molar-refractivity contribution in [2.75, 3.05) is 5.75 Å². The van der Waals surface area contributed by atoms with Crippen molar-refractivity contribution in [2.24, 2.45) is 0 Å². The quantitative estimate of drug-likeness (QED) is 0.827. The van der Waals surface area contributed by atoms with Crippen molar-refractivity contribution in [2.45, 2.75) is 17.4 Å². The van der Waals surface area contributed by atoms with E-state index in [1.165, 1.54) is 10.5 Å². The van der Waals surface area contributed by atoms with Crippen LogP contribution < -0.4 is 0 Å². The Morgan fingerprint density at radius 3 is 2.53 bits per heavy atom. The first-order valence-corrected chi connectivity index (χ1v) is 6.70. The third kappa shape index (κ3) is 1.68. The number of rotatable bonds is 1. The fourth-order valence-electron chi connectivity index (χ4n) is 2.26. The first kappa shape index (κ1) is 10.9. The molecular weight excluding hydrogens is 228 g/mol. The SMILES string of the molecule is Cc1ccc(C2(O)CSc3ccccc32)cc1. The molecule has 17 heavy (non-hydrogen) atoms. The molecule has 3 rings (SSSR count). The van der Waals surface area contributed by atoms with Crippen LogP contribution in [0.4, 0.5) is 0 Å². The summed E-state index contributed by atoms with van der Waals surface area (Å²) in [6, 6.07) is 16.3. The lowest BCUT2D eigenvalue weighted by Crippen LogP contribution is -2.26. The van der Waals surface area contributed by atoms with E-state index >= 15 is 0 Å². The molecule has 1 heterocycles. The topological polar surface area (TPSA) is 20.2 Å². The molecule has 0 radical (unpaired) electrons. The van der Waals surface area contributed by atoms with E-state index in [1.54, 1.807) is 11.8 Å². The Kier molecular flexibility index (Phi) is 2.49. The van der Waals surface area contributed by atoms with Gasteiger partial charge in [-0.3, -0.25) is 0 Å². The van der Waals surface area contributed by atoms with Crippen molar-refractivity contribution in [3.05, 3.63) is 65.2 Å². The predicted molar refractivity (Wildman–Crippen MR) is 71.3 cm³/mol. The van der Waals surface area contributed by atoms with Gasteiger partial charge in [-0.15, -0.1) is 11.8 Å². The third-order valence-corrected chi connectivity index (χ3v) is 4.53. The molecule has 2 heteroatoms. The summed E-state index contributed by atoms with van der Waals surface area (Å²) in [5.41, 5.74) is 2.42. The van der Waals surface area contributed by atoms with E-state index in [1.807, 2.05) is 30.3 Å². The van der Waals surface area contributed by atoms with Gasteiger partial charge < -0.3 is 5.11 Å². The molecule has 1 unspecified atom stereocenters. The molecule has 0 spiro atoms. The number of thioether (sulfide) groups is 1. The monoisotopic (exact) mass is 242 g/mol. The average molecular weight is 242 g/mol. The summed E-state index contributed by atoms with van der Waals surface area (Å²) in [6.45, 7) is 2.06. The van der Waals surface area contributed by atoms with E-state index in [0.29, 0.717) is 5.75 Å². The van der Waals surface area contributed by atoms with Crippen LogP contribution in [0.3, 0.4) is 0 Å². The molecule has 0 saturated heterocycles. The van der Waals surface area contributed by atoms with E-state index in [4.69, 9.17) is 0 Å².